The van der Waals surface area contributed by atoms with Crippen LogP contribution in [0.3, 0.4) is 0 Å². The van der Waals surface area contributed by atoms with Gasteiger partial charge in [-0.3, -0.25) is 5.32 Å². The number of carbonyl (C=O) groups is 1. The molecule has 0 saturated heterocycles. The van der Waals surface area contributed by atoms with Crippen LogP contribution in [0.25, 0.3) is 10.8 Å². The minimum absolute atomic E-state index is 0.161. The van der Waals surface area contributed by atoms with Gasteiger partial charge < -0.3 is 11.1 Å². The smallest absolute Gasteiger partial charge is 0.326 e. The zero-order valence-corrected chi connectivity index (χ0v) is 14.0. The molecule has 0 saturated carbocycles. The van der Waals surface area contributed by atoms with Crippen LogP contribution in [0.2, 0.25) is 5.02 Å². The molecule has 0 spiro atoms. The fourth-order valence-electron chi connectivity index (χ4n) is 2.37. The van der Waals surface area contributed by atoms with Crippen molar-refractivity contribution in [2.75, 3.05) is 16.4 Å². The standard InChI is InChI=1S/C17H16ClN5O/c1-9-5-12-7-13(4-3-11(12)8-14(9)18)21-17(24)23-16-20-10(2)6-15(19)22-16/h3-8H,1-2H3,(H4,19,20,21,22,23,24). The molecule has 0 aliphatic heterocycles. The van der Waals surface area contributed by atoms with Gasteiger partial charge in [-0.25, -0.2) is 9.78 Å². The summed E-state index contributed by atoms with van der Waals surface area (Å²) in [5, 5.41) is 8.03. The van der Waals surface area contributed by atoms with Gasteiger partial charge in [0.25, 0.3) is 0 Å². The quantitative estimate of drug-likeness (QED) is 0.653. The van der Waals surface area contributed by atoms with E-state index in [0.29, 0.717) is 17.2 Å². The number of benzene rings is 2. The Bertz CT molecular complexity index is 921. The molecular weight excluding hydrogens is 326 g/mol. The summed E-state index contributed by atoms with van der Waals surface area (Å²) in [5.74, 6) is 0.462. The lowest BCUT2D eigenvalue weighted by Gasteiger charge is -2.09. The Kier molecular flexibility index (Phi) is 4.22. The molecule has 7 heteroatoms. The first-order chi connectivity index (χ1) is 11.4. The van der Waals surface area contributed by atoms with Gasteiger partial charge in [0.2, 0.25) is 5.95 Å². The van der Waals surface area contributed by atoms with E-state index >= 15 is 0 Å². The predicted molar refractivity (Wildman–Crippen MR) is 97.5 cm³/mol. The summed E-state index contributed by atoms with van der Waals surface area (Å²) in [4.78, 5) is 20.2. The van der Waals surface area contributed by atoms with Crippen LogP contribution < -0.4 is 16.4 Å². The first kappa shape index (κ1) is 16.0. The lowest BCUT2D eigenvalue weighted by molar-refractivity contribution is 0.262. The Hall–Kier alpha value is -2.86. The first-order valence-corrected chi connectivity index (χ1v) is 7.67. The van der Waals surface area contributed by atoms with Gasteiger partial charge in [-0.1, -0.05) is 17.7 Å². The van der Waals surface area contributed by atoms with E-state index in [0.717, 1.165) is 21.4 Å². The minimum atomic E-state index is -0.440. The number of rotatable bonds is 2. The summed E-state index contributed by atoms with van der Waals surface area (Å²) in [6, 6.07) is 10.6. The molecule has 0 aliphatic rings. The fourth-order valence-corrected chi connectivity index (χ4v) is 2.55. The number of hydrogen-bond acceptors (Lipinski definition) is 4. The molecule has 1 heterocycles. The van der Waals surface area contributed by atoms with E-state index < -0.39 is 6.03 Å². The predicted octanol–water partition coefficient (Wildman–Crippen LogP) is 4.13. The number of carbonyl (C=O) groups excluding carboxylic acids is 1. The van der Waals surface area contributed by atoms with Gasteiger partial charge in [-0.2, -0.15) is 4.98 Å². The minimum Gasteiger partial charge on any atom is -0.384 e. The number of nitrogens with zero attached hydrogens (tertiary/aromatic N) is 2. The second-order valence-corrected chi connectivity index (χ2v) is 5.91. The maximum atomic E-state index is 12.1. The van der Waals surface area contributed by atoms with Crippen LogP contribution in [0.1, 0.15) is 11.3 Å². The van der Waals surface area contributed by atoms with Gasteiger partial charge in [0.15, 0.2) is 0 Å². The number of anilines is 3. The largest absolute Gasteiger partial charge is 0.384 e. The van der Waals surface area contributed by atoms with Crippen molar-refractivity contribution in [3.8, 4) is 0 Å². The highest BCUT2D eigenvalue weighted by molar-refractivity contribution is 6.32. The monoisotopic (exact) mass is 341 g/mol. The van der Waals surface area contributed by atoms with Gasteiger partial charge in [0, 0.05) is 22.5 Å². The Morgan fingerprint density at radius 3 is 2.58 bits per heavy atom. The summed E-state index contributed by atoms with van der Waals surface area (Å²) >= 11 is 6.12. The molecule has 0 fully saturated rings. The SMILES string of the molecule is Cc1cc(N)nc(NC(=O)Nc2ccc3cc(Cl)c(C)cc3c2)n1. The van der Waals surface area contributed by atoms with Crippen molar-refractivity contribution in [2.45, 2.75) is 13.8 Å². The summed E-state index contributed by atoms with van der Waals surface area (Å²) in [6.45, 7) is 3.71. The normalized spacial score (nSPS) is 10.6. The van der Waals surface area contributed by atoms with Gasteiger partial charge in [-0.15, -0.1) is 0 Å². The number of aryl methyl sites for hydroxylation is 2. The summed E-state index contributed by atoms with van der Waals surface area (Å²) in [5.41, 5.74) is 7.96. The topological polar surface area (TPSA) is 92.9 Å². The number of hydrogen-bond donors (Lipinski definition) is 3. The van der Waals surface area contributed by atoms with Crippen molar-refractivity contribution in [1.82, 2.24) is 9.97 Å². The van der Waals surface area contributed by atoms with Crippen LogP contribution in [0, 0.1) is 13.8 Å². The van der Waals surface area contributed by atoms with Crippen LogP contribution >= 0.6 is 11.6 Å². The van der Waals surface area contributed by atoms with Crippen LogP contribution in [-0.4, -0.2) is 16.0 Å². The molecule has 6 nitrogen and oxygen atoms in total. The third-order valence-corrected chi connectivity index (χ3v) is 3.88. The highest BCUT2D eigenvalue weighted by Gasteiger charge is 2.07. The first-order valence-electron chi connectivity index (χ1n) is 7.30. The number of nitrogen functional groups attached to an aromatic ring is 1. The summed E-state index contributed by atoms with van der Waals surface area (Å²) in [7, 11) is 0. The molecule has 3 rings (SSSR count). The van der Waals surface area contributed by atoms with E-state index in [2.05, 4.69) is 20.6 Å². The van der Waals surface area contributed by atoms with Crippen molar-refractivity contribution >= 4 is 45.9 Å². The molecule has 0 atom stereocenters. The lowest BCUT2D eigenvalue weighted by atomic mass is 10.1. The van der Waals surface area contributed by atoms with E-state index in [9.17, 15) is 4.79 Å². The maximum absolute atomic E-state index is 12.1. The number of halogens is 1. The fraction of sp³-hybridized carbons (Fsp3) is 0.118. The number of aromatic nitrogens is 2. The van der Waals surface area contributed by atoms with Crippen molar-refractivity contribution in [2.24, 2.45) is 0 Å². The Morgan fingerprint density at radius 2 is 1.83 bits per heavy atom. The van der Waals surface area contributed by atoms with Gasteiger partial charge >= 0.3 is 6.03 Å². The van der Waals surface area contributed by atoms with E-state index in [1.165, 1.54) is 0 Å². The lowest BCUT2D eigenvalue weighted by Crippen LogP contribution is -2.21. The molecular formula is C17H16ClN5O. The van der Waals surface area contributed by atoms with Crippen molar-refractivity contribution in [3.63, 3.8) is 0 Å². The average Bonchev–Trinajstić information content (AvgIpc) is 2.47. The van der Waals surface area contributed by atoms with E-state index in [1.54, 1.807) is 19.1 Å². The third kappa shape index (κ3) is 3.55. The van der Waals surface area contributed by atoms with Crippen LogP contribution in [-0.2, 0) is 0 Å². The zero-order chi connectivity index (χ0) is 17.3. The number of urea groups is 1. The van der Waals surface area contributed by atoms with Crippen molar-refractivity contribution < 1.29 is 4.79 Å². The van der Waals surface area contributed by atoms with Crippen LogP contribution in [0.5, 0.6) is 0 Å². The van der Waals surface area contributed by atoms with E-state index in [4.69, 9.17) is 17.3 Å². The molecule has 0 radical (unpaired) electrons. The van der Waals surface area contributed by atoms with E-state index in [-0.39, 0.29) is 5.95 Å². The Balaban J connectivity index is 1.78. The average molecular weight is 342 g/mol. The Morgan fingerprint density at radius 1 is 1.04 bits per heavy atom. The van der Waals surface area contributed by atoms with Gasteiger partial charge in [0.05, 0.1) is 0 Å². The summed E-state index contributed by atoms with van der Waals surface area (Å²) < 4.78 is 0. The number of nitrogens with one attached hydrogen (secondary N) is 2. The van der Waals surface area contributed by atoms with E-state index in [1.807, 2.05) is 31.2 Å². The molecule has 1 aromatic heterocycles. The van der Waals surface area contributed by atoms with Crippen molar-refractivity contribution in [3.05, 3.63) is 52.7 Å². The molecule has 0 aliphatic carbocycles. The molecule has 122 valence electrons. The second kappa shape index (κ2) is 6.33. The number of nitrogens with two attached hydrogens (primary N) is 1. The third-order valence-electron chi connectivity index (χ3n) is 3.47. The van der Waals surface area contributed by atoms with Crippen LogP contribution in [0.15, 0.2) is 36.4 Å². The number of fused-ring (bicyclic) bond motifs is 1. The zero-order valence-electron chi connectivity index (χ0n) is 13.2. The maximum Gasteiger partial charge on any atom is 0.326 e. The molecule has 2 amide bonds. The van der Waals surface area contributed by atoms with Gasteiger partial charge in [0.1, 0.15) is 5.82 Å². The Labute approximate surface area is 144 Å². The highest BCUT2D eigenvalue weighted by Crippen LogP contribution is 2.26. The molecule has 2 aromatic carbocycles. The molecule has 4 N–H and O–H groups in total. The molecule has 24 heavy (non-hydrogen) atoms. The highest BCUT2D eigenvalue weighted by atomic mass is 35.5. The number of amides is 2. The van der Waals surface area contributed by atoms with Gasteiger partial charge in [-0.05, 0) is 54.4 Å². The summed E-state index contributed by atoms with van der Waals surface area (Å²) in [6.07, 6.45) is 0. The molecule has 0 unspecified atom stereocenters. The van der Waals surface area contributed by atoms with Crippen molar-refractivity contribution in [1.29, 1.82) is 0 Å². The molecule has 3 aromatic rings. The second-order valence-electron chi connectivity index (χ2n) is 5.50. The molecule has 0 bridgehead atoms. The van der Waals surface area contributed by atoms with Crippen LogP contribution in [0.4, 0.5) is 22.2 Å².